The van der Waals surface area contributed by atoms with Crippen LogP contribution in [-0.4, -0.2) is 19.9 Å². The van der Waals surface area contributed by atoms with Crippen molar-refractivity contribution in [3.8, 4) is 12.1 Å². The van der Waals surface area contributed by atoms with Crippen LogP contribution in [0.1, 0.15) is 11.4 Å². The van der Waals surface area contributed by atoms with Gasteiger partial charge in [0.2, 0.25) is 0 Å². The molecule has 6 heteroatoms. The van der Waals surface area contributed by atoms with Crippen molar-refractivity contribution < 1.29 is 0 Å². The maximum absolute atomic E-state index is 9.40. The molecule has 0 fully saturated rings. The highest BCUT2D eigenvalue weighted by molar-refractivity contribution is 5.75. The van der Waals surface area contributed by atoms with Crippen molar-refractivity contribution in [1.29, 1.82) is 10.5 Å². The van der Waals surface area contributed by atoms with E-state index in [9.17, 15) is 10.5 Å². The third kappa shape index (κ3) is 2.99. The van der Waals surface area contributed by atoms with E-state index in [2.05, 4.69) is 32.1 Å². The van der Waals surface area contributed by atoms with Crippen LogP contribution in [0.4, 0.5) is 0 Å². The first-order chi connectivity index (χ1) is 11.8. The van der Waals surface area contributed by atoms with E-state index in [1.165, 1.54) is 12.4 Å². The van der Waals surface area contributed by atoms with Crippen molar-refractivity contribution in [3.05, 3.63) is 83.3 Å². The molecule has 0 spiro atoms. The van der Waals surface area contributed by atoms with Crippen molar-refractivity contribution in [2.75, 3.05) is 0 Å². The largest absolute Gasteiger partial charge is 0.261 e. The minimum atomic E-state index is 0.424. The van der Waals surface area contributed by atoms with Crippen LogP contribution in [0.15, 0.2) is 61.4 Å². The zero-order chi connectivity index (χ0) is 16.8. The summed E-state index contributed by atoms with van der Waals surface area (Å²) in [4.78, 5) is 16.3. The van der Waals surface area contributed by atoms with Gasteiger partial charge < -0.3 is 0 Å². The maximum atomic E-state index is 9.40. The lowest BCUT2D eigenvalue weighted by atomic mass is 10.1. The molecule has 0 N–H and O–H groups in total. The molecule has 0 atom stereocenters. The summed E-state index contributed by atoms with van der Waals surface area (Å²) < 4.78 is 0. The molecule has 0 aliphatic heterocycles. The monoisotopic (exact) mass is 310 g/mol. The second-order valence-corrected chi connectivity index (χ2v) is 4.73. The summed E-state index contributed by atoms with van der Waals surface area (Å²) in [6.45, 7) is 0. The van der Waals surface area contributed by atoms with Gasteiger partial charge in [-0.15, -0.1) is 0 Å². The average Bonchev–Trinajstić information content (AvgIpc) is 2.66. The standard InChI is InChI=1S/C18H10N6/c19-9-15(17-11-21-5-7-23-17)13-1-2-14(4-3-13)16(10-20)18-12-22-6-8-24-18/h1-8,11-12H. The number of hydrogen-bond donors (Lipinski definition) is 0. The van der Waals surface area contributed by atoms with E-state index in [-0.39, 0.29) is 0 Å². The molecule has 6 nitrogen and oxygen atoms in total. The molecule has 0 radical (unpaired) electrons. The van der Waals surface area contributed by atoms with Gasteiger partial charge in [0.1, 0.15) is 12.1 Å². The van der Waals surface area contributed by atoms with Crippen molar-refractivity contribution in [2.45, 2.75) is 0 Å². The second-order valence-electron chi connectivity index (χ2n) is 4.73. The zero-order valence-electron chi connectivity index (χ0n) is 12.5. The Morgan fingerprint density at radius 2 is 1.08 bits per heavy atom. The minimum absolute atomic E-state index is 0.424. The molecule has 0 unspecified atom stereocenters. The number of hydrogen-bond acceptors (Lipinski definition) is 6. The first-order valence-corrected chi connectivity index (χ1v) is 7.01. The molecule has 0 amide bonds. The lowest BCUT2D eigenvalue weighted by Gasteiger charge is -1.99. The second kappa shape index (κ2) is 6.91. The lowest BCUT2D eigenvalue weighted by Crippen LogP contribution is -2.14. The topological polar surface area (TPSA) is 99.1 Å². The number of aromatic nitrogens is 4. The Bertz CT molecular complexity index is 948. The Labute approximate surface area is 137 Å². The van der Waals surface area contributed by atoms with Crippen LogP contribution in [0.5, 0.6) is 0 Å². The van der Waals surface area contributed by atoms with Crippen LogP contribution in [0.2, 0.25) is 0 Å². The molecule has 2 heterocycles. The smallest absolute Gasteiger partial charge is 0.102 e. The van der Waals surface area contributed by atoms with Crippen LogP contribution in [-0.2, 0) is 0 Å². The molecule has 0 saturated heterocycles. The van der Waals surface area contributed by atoms with Gasteiger partial charge in [0.05, 0.1) is 34.9 Å². The Balaban J connectivity index is 2.18. The predicted octanol–water partition coefficient (Wildman–Crippen LogP) is 0.712. The van der Waals surface area contributed by atoms with Crippen molar-refractivity contribution in [2.24, 2.45) is 0 Å². The molecule has 3 aromatic rings. The summed E-state index contributed by atoms with van der Waals surface area (Å²) in [5.41, 5.74) is 1.86. The van der Waals surface area contributed by atoms with Crippen LogP contribution < -0.4 is 10.4 Å². The average molecular weight is 310 g/mol. The number of benzene rings is 1. The summed E-state index contributed by atoms with van der Waals surface area (Å²) in [7, 11) is 0. The molecule has 0 aliphatic rings. The summed E-state index contributed by atoms with van der Waals surface area (Å²) in [6.07, 6.45) is 9.26. The molecule has 3 rings (SSSR count). The van der Waals surface area contributed by atoms with E-state index >= 15 is 0 Å². The van der Waals surface area contributed by atoms with Gasteiger partial charge in [-0.1, -0.05) is 24.3 Å². The Morgan fingerprint density at radius 1 is 0.667 bits per heavy atom. The maximum Gasteiger partial charge on any atom is 0.102 e. The van der Waals surface area contributed by atoms with Gasteiger partial charge in [0.15, 0.2) is 0 Å². The normalized spacial score (nSPS) is 9.58. The van der Waals surface area contributed by atoms with Gasteiger partial charge in [0.25, 0.3) is 0 Å². The van der Waals surface area contributed by atoms with E-state index in [0.717, 1.165) is 0 Å². The number of rotatable bonds is 2. The zero-order valence-corrected chi connectivity index (χ0v) is 12.5. The molecular formula is C18H10N6. The summed E-state index contributed by atoms with van der Waals surface area (Å²) >= 11 is 0. The summed E-state index contributed by atoms with van der Waals surface area (Å²) in [6, 6.07) is 11.4. The van der Waals surface area contributed by atoms with Crippen molar-refractivity contribution in [1.82, 2.24) is 19.9 Å². The van der Waals surface area contributed by atoms with Gasteiger partial charge in [0, 0.05) is 24.8 Å². The van der Waals surface area contributed by atoms with Crippen LogP contribution in [0, 0.1) is 22.7 Å². The molecule has 24 heavy (non-hydrogen) atoms. The number of nitriles is 2. The van der Waals surface area contributed by atoms with Gasteiger partial charge >= 0.3 is 0 Å². The fraction of sp³-hybridized carbons (Fsp3) is 0. The highest BCUT2D eigenvalue weighted by Crippen LogP contribution is 2.05. The molecular weight excluding hydrogens is 300 g/mol. The summed E-state index contributed by atoms with van der Waals surface area (Å²) in [5.74, 6) is 0. The van der Waals surface area contributed by atoms with Gasteiger partial charge in [-0.05, 0) is 10.4 Å². The van der Waals surface area contributed by atoms with Crippen molar-refractivity contribution >= 4 is 11.1 Å². The fourth-order valence-electron chi connectivity index (χ4n) is 2.20. The van der Waals surface area contributed by atoms with E-state index in [4.69, 9.17) is 0 Å². The molecule has 2 aromatic heterocycles. The van der Waals surface area contributed by atoms with Gasteiger partial charge in [-0.3, -0.25) is 19.9 Å². The van der Waals surface area contributed by atoms with Crippen molar-refractivity contribution in [3.63, 3.8) is 0 Å². The summed E-state index contributed by atoms with van der Waals surface area (Å²) in [5, 5.41) is 20.2. The minimum Gasteiger partial charge on any atom is -0.261 e. The first-order valence-electron chi connectivity index (χ1n) is 7.01. The van der Waals surface area contributed by atoms with E-state index in [1.807, 2.05) is 0 Å². The van der Waals surface area contributed by atoms with E-state index in [1.54, 1.807) is 49.1 Å². The SMILES string of the molecule is N#CC(c1cnccn1)=c1ccc(=C(C#N)c2cnccn2)cc1. The quantitative estimate of drug-likeness (QED) is 0.691. The van der Waals surface area contributed by atoms with Crippen LogP contribution >= 0.6 is 0 Å². The van der Waals surface area contributed by atoms with Gasteiger partial charge in [-0.25, -0.2) is 0 Å². The van der Waals surface area contributed by atoms with Crippen LogP contribution in [0.25, 0.3) is 11.1 Å². The highest BCUT2D eigenvalue weighted by Gasteiger charge is 2.05. The predicted molar refractivity (Wildman–Crippen MR) is 86.0 cm³/mol. The Morgan fingerprint density at radius 3 is 1.38 bits per heavy atom. The van der Waals surface area contributed by atoms with E-state index in [0.29, 0.717) is 33.0 Å². The third-order valence-corrected chi connectivity index (χ3v) is 3.32. The molecule has 1 aromatic carbocycles. The van der Waals surface area contributed by atoms with Crippen LogP contribution in [0.3, 0.4) is 0 Å². The lowest BCUT2D eigenvalue weighted by molar-refractivity contribution is 1.16. The molecule has 0 bridgehead atoms. The van der Waals surface area contributed by atoms with Gasteiger partial charge in [-0.2, -0.15) is 10.5 Å². The number of nitrogens with zero attached hydrogens (tertiary/aromatic N) is 6. The van der Waals surface area contributed by atoms with E-state index < -0.39 is 0 Å². The molecule has 0 saturated carbocycles. The fourth-order valence-corrected chi connectivity index (χ4v) is 2.20. The molecule has 112 valence electrons. The Kier molecular flexibility index (Phi) is 4.32. The highest BCUT2D eigenvalue weighted by atomic mass is 14.8. The molecule has 0 aliphatic carbocycles. The first kappa shape index (κ1) is 15.0. The Hall–Kier alpha value is -3.90. The third-order valence-electron chi connectivity index (χ3n) is 3.32.